The first-order valence-corrected chi connectivity index (χ1v) is 8.94. The van der Waals surface area contributed by atoms with Gasteiger partial charge in [-0.25, -0.2) is 0 Å². The Morgan fingerprint density at radius 2 is 2.25 bits per heavy atom. The molecule has 1 aliphatic heterocycles. The maximum Gasteiger partial charge on any atom is 0.328 e. The number of ether oxygens (including phenoxy) is 1. The van der Waals surface area contributed by atoms with Gasteiger partial charge in [-0.2, -0.15) is 5.10 Å². The van der Waals surface area contributed by atoms with Crippen LogP contribution in [0.2, 0.25) is 0 Å². The van der Waals surface area contributed by atoms with Crippen molar-refractivity contribution >= 4 is 28.9 Å². The van der Waals surface area contributed by atoms with Crippen molar-refractivity contribution in [3.8, 4) is 0 Å². The molecule has 0 amide bonds. The number of esters is 1. The van der Waals surface area contributed by atoms with Gasteiger partial charge in [0.2, 0.25) is 0 Å². The van der Waals surface area contributed by atoms with Gasteiger partial charge in [-0.15, -0.1) is 0 Å². The van der Waals surface area contributed by atoms with E-state index in [-0.39, 0.29) is 22.9 Å². The number of rotatable bonds is 4. The second-order valence-electron chi connectivity index (χ2n) is 6.81. The fourth-order valence-electron chi connectivity index (χ4n) is 2.48. The molecule has 2 heterocycles. The first-order valence-electron chi connectivity index (χ1n) is 8.06. The maximum absolute atomic E-state index is 11.9. The zero-order chi connectivity index (χ0) is 17.7. The Labute approximate surface area is 147 Å². The van der Waals surface area contributed by atoms with Crippen LogP contribution in [0.5, 0.6) is 0 Å². The lowest BCUT2D eigenvalue weighted by Crippen LogP contribution is -2.32. The molecule has 6 nitrogen and oxygen atoms in total. The number of hydrogen-bond acceptors (Lipinski definition) is 6. The number of piperidine rings is 1. The van der Waals surface area contributed by atoms with E-state index in [4.69, 9.17) is 4.74 Å². The number of carbonyl (C=O) groups excluding carboxylic acids is 2. The molecule has 7 heteroatoms. The summed E-state index contributed by atoms with van der Waals surface area (Å²) in [4.78, 5) is 23.2. The molecule has 1 aliphatic rings. The summed E-state index contributed by atoms with van der Waals surface area (Å²) in [6, 6.07) is 1.86. The SMILES string of the molecule is CC(=O)SC1CCNC/C1=C\c1ccn(CC(=O)OC(C)(C)C)n1. The van der Waals surface area contributed by atoms with Crippen molar-refractivity contribution in [2.45, 2.75) is 51.5 Å². The topological polar surface area (TPSA) is 73.2 Å². The minimum atomic E-state index is -0.500. The van der Waals surface area contributed by atoms with E-state index >= 15 is 0 Å². The van der Waals surface area contributed by atoms with Gasteiger partial charge in [0.15, 0.2) is 5.12 Å². The fraction of sp³-hybridized carbons (Fsp3) is 0.588. The van der Waals surface area contributed by atoms with Crippen LogP contribution in [0, 0.1) is 0 Å². The Kier molecular flexibility index (Phi) is 6.23. The molecule has 0 spiro atoms. The summed E-state index contributed by atoms with van der Waals surface area (Å²) >= 11 is 1.37. The van der Waals surface area contributed by atoms with E-state index < -0.39 is 5.60 Å². The summed E-state index contributed by atoms with van der Waals surface area (Å²) in [5.74, 6) is -0.311. The second-order valence-corrected chi connectivity index (χ2v) is 8.19. The van der Waals surface area contributed by atoms with Crippen LogP contribution in [0.3, 0.4) is 0 Å². The van der Waals surface area contributed by atoms with E-state index in [1.54, 1.807) is 17.8 Å². The molecule has 1 N–H and O–H groups in total. The first-order chi connectivity index (χ1) is 11.2. The molecule has 0 aliphatic carbocycles. The van der Waals surface area contributed by atoms with Gasteiger partial charge in [-0.1, -0.05) is 11.8 Å². The lowest BCUT2D eigenvalue weighted by atomic mass is 10.0. The summed E-state index contributed by atoms with van der Waals surface area (Å²) in [5.41, 5.74) is 1.44. The van der Waals surface area contributed by atoms with Crippen molar-refractivity contribution in [2.24, 2.45) is 0 Å². The van der Waals surface area contributed by atoms with Crippen LogP contribution >= 0.6 is 11.8 Å². The van der Waals surface area contributed by atoms with Gasteiger partial charge in [-0.3, -0.25) is 14.3 Å². The van der Waals surface area contributed by atoms with Gasteiger partial charge in [-0.05, 0) is 51.5 Å². The van der Waals surface area contributed by atoms with E-state index in [2.05, 4.69) is 10.4 Å². The monoisotopic (exact) mass is 351 g/mol. The van der Waals surface area contributed by atoms with Crippen molar-refractivity contribution in [1.82, 2.24) is 15.1 Å². The maximum atomic E-state index is 11.9. The molecule has 1 fully saturated rings. The highest BCUT2D eigenvalue weighted by Crippen LogP contribution is 2.26. The number of hydrogen-bond donors (Lipinski definition) is 1. The molecular formula is C17H25N3O3S. The summed E-state index contributed by atoms with van der Waals surface area (Å²) in [7, 11) is 0. The summed E-state index contributed by atoms with van der Waals surface area (Å²) in [5, 5.41) is 8.05. The third-order valence-electron chi connectivity index (χ3n) is 3.34. The molecule has 0 bridgehead atoms. The van der Waals surface area contributed by atoms with Crippen LogP contribution in [-0.4, -0.2) is 44.8 Å². The molecule has 1 atom stereocenters. The van der Waals surface area contributed by atoms with Crippen LogP contribution in [0.15, 0.2) is 17.8 Å². The second kappa shape index (κ2) is 7.98. The van der Waals surface area contributed by atoms with E-state index in [1.807, 2.05) is 32.9 Å². The smallest absolute Gasteiger partial charge is 0.328 e. The minimum Gasteiger partial charge on any atom is -0.459 e. The van der Waals surface area contributed by atoms with E-state index in [0.29, 0.717) is 0 Å². The highest BCUT2D eigenvalue weighted by molar-refractivity contribution is 8.14. The van der Waals surface area contributed by atoms with Gasteiger partial charge >= 0.3 is 5.97 Å². The molecule has 1 aromatic heterocycles. The minimum absolute atomic E-state index is 0.0876. The predicted octanol–water partition coefficient (Wildman–Crippen LogP) is 2.25. The Morgan fingerprint density at radius 3 is 2.92 bits per heavy atom. The lowest BCUT2D eigenvalue weighted by molar-refractivity contribution is -0.155. The quantitative estimate of drug-likeness (QED) is 0.839. The van der Waals surface area contributed by atoms with Crippen LogP contribution in [-0.2, 0) is 20.9 Å². The molecule has 1 aromatic rings. The average molecular weight is 351 g/mol. The molecule has 1 saturated heterocycles. The number of thioether (sulfide) groups is 1. The lowest BCUT2D eigenvalue weighted by Gasteiger charge is -2.24. The number of nitrogens with one attached hydrogen (secondary N) is 1. The predicted molar refractivity (Wildman–Crippen MR) is 95.6 cm³/mol. The Morgan fingerprint density at radius 1 is 1.50 bits per heavy atom. The molecule has 0 aromatic carbocycles. The van der Waals surface area contributed by atoms with Gasteiger partial charge in [0.25, 0.3) is 0 Å². The average Bonchev–Trinajstić information content (AvgIpc) is 2.85. The standard InChI is InChI=1S/C17H25N3O3S/c1-12(21)24-15-5-7-18-10-13(15)9-14-6-8-20(19-14)11-16(22)23-17(2,3)4/h6,8-9,15,18H,5,7,10-11H2,1-4H3/b13-9+. The molecule has 24 heavy (non-hydrogen) atoms. The zero-order valence-electron chi connectivity index (χ0n) is 14.7. The fourth-order valence-corrected chi connectivity index (χ4v) is 3.42. The van der Waals surface area contributed by atoms with E-state index in [0.717, 1.165) is 30.8 Å². The van der Waals surface area contributed by atoms with Crippen molar-refractivity contribution < 1.29 is 14.3 Å². The first kappa shape index (κ1) is 18.7. The number of nitrogens with zero attached hydrogens (tertiary/aromatic N) is 2. The van der Waals surface area contributed by atoms with Gasteiger partial charge < -0.3 is 10.1 Å². The van der Waals surface area contributed by atoms with Gasteiger partial charge in [0.1, 0.15) is 12.1 Å². The third-order valence-corrected chi connectivity index (χ3v) is 4.49. The largest absolute Gasteiger partial charge is 0.459 e. The zero-order valence-corrected chi connectivity index (χ0v) is 15.5. The van der Waals surface area contributed by atoms with Crippen molar-refractivity contribution in [2.75, 3.05) is 13.1 Å². The molecule has 1 unspecified atom stereocenters. The Balaban J connectivity index is 2.03. The molecule has 132 valence electrons. The highest BCUT2D eigenvalue weighted by atomic mass is 32.2. The Hall–Kier alpha value is -1.60. The number of aromatic nitrogens is 2. The molecule has 0 saturated carbocycles. The third kappa shape index (κ3) is 6.13. The Bertz CT molecular complexity index is 631. The van der Waals surface area contributed by atoms with Crippen LogP contribution in [0.4, 0.5) is 0 Å². The summed E-state index contributed by atoms with van der Waals surface area (Å²) in [6.07, 6.45) is 4.69. The number of carbonyl (C=O) groups is 2. The van der Waals surface area contributed by atoms with Crippen molar-refractivity contribution in [3.05, 3.63) is 23.5 Å². The molecule has 2 rings (SSSR count). The van der Waals surface area contributed by atoms with Gasteiger partial charge in [0, 0.05) is 24.9 Å². The van der Waals surface area contributed by atoms with Crippen molar-refractivity contribution in [3.63, 3.8) is 0 Å². The van der Waals surface area contributed by atoms with Gasteiger partial charge in [0.05, 0.1) is 5.69 Å². The van der Waals surface area contributed by atoms with Crippen molar-refractivity contribution in [1.29, 1.82) is 0 Å². The summed E-state index contributed by atoms with van der Waals surface area (Å²) in [6.45, 7) is 8.87. The van der Waals surface area contributed by atoms with Crippen LogP contribution in [0.25, 0.3) is 6.08 Å². The highest BCUT2D eigenvalue weighted by Gasteiger charge is 2.21. The van der Waals surface area contributed by atoms with E-state index in [1.165, 1.54) is 11.8 Å². The van der Waals surface area contributed by atoms with Crippen LogP contribution < -0.4 is 5.32 Å². The normalized spacial score (nSPS) is 20.2. The van der Waals surface area contributed by atoms with Crippen LogP contribution in [0.1, 0.15) is 39.8 Å². The summed E-state index contributed by atoms with van der Waals surface area (Å²) < 4.78 is 6.87. The van der Waals surface area contributed by atoms with E-state index in [9.17, 15) is 9.59 Å². The molecular weight excluding hydrogens is 326 g/mol. The molecule has 0 radical (unpaired) electrons.